The molecule has 1 unspecified atom stereocenters. The first kappa shape index (κ1) is 14.5. The molecular weight excluding hydrogens is 232 g/mol. The van der Waals surface area contributed by atoms with E-state index in [4.69, 9.17) is 0 Å². The van der Waals surface area contributed by atoms with Crippen molar-refractivity contribution < 1.29 is 0 Å². The van der Waals surface area contributed by atoms with Crippen molar-refractivity contribution in [3.05, 3.63) is 34.4 Å². The van der Waals surface area contributed by atoms with Gasteiger partial charge in [0.2, 0.25) is 0 Å². The van der Waals surface area contributed by atoms with E-state index in [1.54, 1.807) is 0 Å². The fraction of sp³-hybridized carbons (Fsp3) is 0.647. The highest BCUT2D eigenvalue weighted by Gasteiger charge is 2.26. The van der Waals surface area contributed by atoms with Gasteiger partial charge in [0.15, 0.2) is 0 Å². The highest BCUT2D eigenvalue weighted by atomic mass is 15.0. The average Bonchev–Trinajstić information content (AvgIpc) is 2.34. The van der Waals surface area contributed by atoms with Gasteiger partial charge >= 0.3 is 0 Å². The van der Waals surface area contributed by atoms with Crippen LogP contribution in [0.4, 0.5) is 0 Å². The fourth-order valence-electron chi connectivity index (χ4n) is 3.01. The number of nitrogens with one attached hydrogen (secondary N) is 2. The predicted octanol–water partition coefficient (Wildman–Crippen LogP) is 3.23. The number of benzene rings is 1. The SMILES string of the molecule is Cc1ccc(CNC2CCNC(C)(C)C2)c(C)c1C. The lowest BCUT2D eigenvalue weighted by atomic mass is 9.89. The number of hydrogen-bond acceptors (Lipinski definition) is 2. The Labute approximate surface area is 118 Å². The van der Waals surface area contributed by atoms with Gasteiger partial charge in [0.1, 0.15) is 0 Å². The van der Waals surface area contributed by atoms with Crippen LogP contribution in [0.15, 0.2) is 12.1 Å². The van der Waals surface area contributed by atoms with Crippen molar-refractivity contribution in [2.24, 2.45) is 0 Å². The molecule has 2 rings (SSSR count). The van der Waals surface area contributed by atoms with Gasteiger partial charge < -0.3 is 10.6 Å². The second-order valence-corrected chi connectivity index (χ2v) is 6.67. The molecule has 1 aliphatic rings. The minimum Gasteiger partial charge on any atom is -0.312 e. The highest BCUT2D eigenvalue weighted by molar-refractivity contribution is 5.38. The predicted molar refractivity (Wildman–Crippen MR) is 82.6 cm³/mol. The summed E-state index contributed by atoms with van der Waals surface area (Å²) in [6, 6.07) is 5.15. The number of piperidine rings is 1. The van der Waals surface area contributed by atoms with Gasteiger partial charge in [0, 0.05) is 18.1 Å². The van der Waals surface area contributed by atoms with Crippen LogP contribution < -0.4 is 10.6 Å². The summed E-state index contributed by atoms with van der Waals surface area (Å²) in [5.74, 6) is 0. The molecule has 0 bridgehead atoms. The van der Waals surface area contributed by atoms with E-state index in [0.717, 1.165) is 13.1 Å². The molecule has 0 amide bonds. The molecule has 1 aromatic rings. The van der Waals surface area contributed by atoms with Crippen molar-refractivity contribution in [1.82, 2.24) is 10.6 Å². The van der Waals surface area contributed by atoms with Gasteiger partial charge in [-0.1, -0.05) is 12.1 Å². The first-order valence-corrected chi connectivity index (χ1v) is 7.43. The zero-order valence-electron chi connectivity index (χ0n) is 13.1. The molecule has 1 saturated heterocycles. The van der Waals surface area contributed by atoms with E-state index in [0.29, 0.717) is 6.04 Å². The van der Waals surface area contributed by atoms with Crippen molar-refractivity contribution >= 4 is 0 Å². The van der Waals surface area contributed by atoms with Crippen LogP contribution in [0.25, 0.3) is 0 Å². The topological polar surface area (TPSA) is 24.1 Å². The van der Waals surface area contributed by atoms with E-state index in [1.807, 2.05) is 0 Å². The second kappa shape index (κ2) is 5.64. The molecule has 0 aliphatic carbocycles. The minimum absolute atomic E-state index is 0.272. The van der Waals surface area contributed by atoms with Crippen LogP contribution in [0, 0.1) is 20.8 Å². The van der Waals surface area contributed by atoms with E-state index in [-0.39, 0.29) is 5.54 Å². The van der Waals surface area contributed by atoms with Crippen LogP contribution in [0.2, 0.25) is 0 Å². The van der Waals surface area contributed by atoms with Gasteiger partial charge in [-0.3, -0.25) is 0 Å². The van der Waals surface area contributed by atoms with Gasteiger partial charge in [-0.2, -0.15) is 0 Å². The van der Waals surface area contributed by atoms with Gasteiger partial charge in [-0.25, -0.2) is 0 Å². The molecule has 19 heavy (non-hydrogen) atoms. The Morgan fingerprint density at radius 1 is 1.21 bits per heavy atom. The van der Waals surface area contributed by atoms with E-state index < -0.39 is 0 Å². The van der Waals surface area contributed by atoms with Crippen molar-refractivity contribution in [2.45, 2.75) is 65.6 Å². The van der Waals surface area contributed by atoms with Crippen LogP contribution in [-0.2, 0) is 6.54 Å². The molecule has 1 fully saturated rings. The van der Waals surface area contributed by atoms with Crippen LogP contribution >= 0.6 is 0 Å². The molecule has 1 aliphatic heterocycles. The van der Waals surface area contributed by atoms with Crippen LogP contribution in [0.3, 0.4) is 0 Å². The van der Waals surface area contributed by atoms with Gasteiger partial charge in [-0.05, 0) is 76.3 Å². The van der Waals surface area contributed by atoms with Crippen LogP contribution in [-0.4, -0.2) is 18.1 Å². The number of hydrogen-bond donors (Lipinski definition) is 2. The third kappa shape index (κ3) is 3.58. The second-order valence-electron chi connectivity index (χ2n) is 6.67. The molecule has 0 saturated carbocycles. The number of rotatable bonds is 3. The molecule has 2 heteroatoms. The molecule has 2 nitrogen and oxygen atoms in total. The van der Waals surface area contributed by atoms with Crippen LogP contribution in [0.5, 0.6) is 0 Å². The molecular formula is C17H28N2. The zero-order chi connectivity index (χ0) is 14.0. The van der Waals surface area contributed by atoms with Crippen molar-refractivity contribution in [2.75, 3.05) is 6.54 Å². The van der Waals surface area contributed by atoms with Gasteiger partial charge in [0.25, 0.3) is 0 Å². The first-order valence-electron chi connectivity index (χ1n) is 7.43. The zero-order valence-corrected chi connectivity index (χ0v) is 13.1. The van der Waals surface area contributed by atoms with Gasteiger partial charge in [-0.15, -0.1) is 0 Å². The molecule has 1 heterocycles. The molecule has 2 N–H and O–H groups in total. The summed E-state index contributed by atoms with van der Waals surface area (Å²) in [5, 5.41) is 7.32. The standard InChI is InChI=1S/C17H28N2/c1-12-6-7-15(14(3)13(12)2)11-18-16-8-9-19-17(4,5)10-16/h6-7,16,18-19H,8-11H2,1-5H3. The highest BCUT2D eigenvalue weighted by Crippen LogP contribution is 2.20. The first-order chi connectivity index (χ1) is 8.89. The Hall–Kier alpha value is -0.860. The molecule has 0 radical (unpaired) electrons. The summed E-state index contributed by atoms with van der Waals surface area (Å²) >= 11 is 0. The molecule has 1 atom stereocenters. The van der Waals surface area contributed by atoms with E-state index in [1.165, 1.54) is 35.1 Å². The normalized spacial score (nSPS) is 22.5. The van der Waals surface area contributed by atoms with Crippen molar-refractivity contribution in [1.29, 1.82) is 0 Å². The maximum atomic E-state index is 3.74. The quantitative estimate of drug-likeness (QED) is 0.872. The lowest BCUT2D eigenvalue weighted by Crippen LogP contribution is -2.51. The smallest absolute Gasteiger partial charge is 0.0210 e. The Morgan fingerprint density at radius 3 is 2.63 bits per heavy atom. The lowest BCUT2D eigenvalue weighted by molar-refractivity contribution is 0.247. The summed E-state index contributed by atoms with van der Waals surface area (Å²) < 4.78 is 0. The summed E-state index contributed by atoms with van der Waals surface area (Å²) in [4.78, 5) is 0. The van der Waals surface area contributed by atoms with E-state index in [9.17, 15) is 0 Å². The van der Waals surface area contributed by atoms with E-state index >= 15 is 0 Å². The molecule has 0 spiro atoms. The molecule has 1 aromatic carbocycles. The van der Waals surface area contributed by atoms with Crippen LogP contribution in [0.1, 0.15) is 48.9 Å². The summed E-state index contributed by atoms with van der Waals surface area (Å²) in [6.45, 7) is 13.4. The number of aryl methyl sites for hydroxylation is 1. The van der Waals surface area contributed by atoms with Crippen molar-refractivity contribution in [3.63, 3.8) is 0 Å². The van der Waals surface area contributed by atoms with E-state index in [2.05, 4.69) is 57.4 Å². The summed E-state index contributed by atoms with van der Waals surface area (Å²) in [5.41, 5.74) is 5.99. The summed E-state index contributed by atoms with van der Waals surface area (Å²) in [6.07, 6.45) is 2.43. The Bertz CT molecular complexity index is 449. The Balaban J connectivity index is 1.97. The Kier molecular flexibility index (Phi) is 4.32. The van der Waals surface area contributed by atoms with Crippen molar-refractivity contribution in [3.8, 4) is 0 Å². The molecule has 0 aromatic heterocycles. The maximum absolute atomic E-state index is 3.74. The molecule has 106 valence electrons. The third-order valence-corrected chi connectivity index (χ3v) is 4.60. The maximum Gasteiger partial charge on any atom is 0.0210 e. The average molecular weight is 260 g/mol. The summed E-state index contributed by atoms with van der Waals surface area (Å²) in [7, 11) is 0. The monoisotopic (exact) mass is 260 g/mol. The largest absolute Gasteiger partial charge is 0.312 e. The minimum atomic E-state index is 0.272. The van der Waals surface area contributed by atoms with Gasteiger partial charge in [0.05, 0.1) is 0 Å². The fourth-order valence-corrected chi connectivity index (χ4v) is 3.01. The lowest BCUT2D eigenvalue weighted by Gasteiger charge is -2.37. The third-order valence-electron chi connectivity index (χ3n) is 4.60. The Morgan fingerprint density at radius 2 is 1.95 bits per heavy atom.